The largest absolute Gasteiger partial charge is 0.303 e. The number of aromatic nitrogens is 2. The number of benzene rings is 1. The van der Waals surface area contributed by atoms with Gasteiger partial charge in [-0.1, -0.05) is 41.9 Å². The average molecular weight is 319 g/mol. The van der Waals surface area contributed by atoms with Crippen LogP contribution in [0.3, 0.4) is 0 Å². The van der Waals surface area contributed by atoms with E-state index in [9.17, 15) is 9.59 Å². The second kappa shape index (κ2) is 8.49. The van der Waals surface area contributed by atoms with Gasteiger partial charge in [0.05, 0.1) is 6.04 Å². The molecule has 2 aromatic rings. The molecule has 0 aliphatic heterocycles. The van der Waals surface area contributed by atoms with E-state index in [1.165, 1.54) is 22.4 Å². The van der Waals surface area contributed by atoms with Crippen LogP contribution in [0.15, 0.2) is 47.3 Å². The van der Waals surface area contributed by atoms with Crippen LogP contribution < -0.4 is 5.56 Å². The Balaban J connectivity index is 2.04. The molecule has 0 spiro atoms. The third-order valence-corrected chi connectivity index (χ3v) is 3.80. The normalized spacial score (nSPS) is 12.0. The predicted octanol–water partition coefficient (Wildman–Crippen LogP) is 3.44. The van der Waals surface area contributed by atoms with Crippen LogP contribution in [0, 0.1) is 0 Å². The van der Waals surface area contributed by atoms with Crippen LogP contribution in [0.2, 0.25) is 5.15 Å². The van der Waals surface area contributed by atoms with E-state index < -0.39 is 0 Å². The van der Waals surface area contributed by atoms with Gasteiger partial charge in [0.25, 0.3) is 5.56 Å². The minimum absolute atomic E-state index is 0.0971. The molecule has 0 radical (unpaired) electrons. The number of aldehydes is 1. The van der Waals surface area contributed by atoms with E-state index in [4.69, 9.17) is 11.6 Å². The molecule has 4 nitrogen and oxygen atoms in total. The Bertz CT molecular complexity index is 655. The first kappa shape index (κ1) is 16.4. The van der Waals surface area contributed by atoms with Crippen molar-refractivity contribution in [1.29, 1.82) is 0 Å². The summed E-state index contributed by atoms with van der Waals surface area (Å²) in [6.45, 7) is 0. The molecule has 1 heterocycles. The number of halogens is 1. The summed E-state index contributed by atoms with van der Waals surface area (Å²) in [5.74, 6) is 0. The molecule has 1 aromatic heterocycles. The Morgan fingerprint density at radius 2 is 1.91 bits per heavy atom. The minimum Gasteiger partial charge on any atom is -0.303 e. The van der Waals surface area contributed by atoms with E-state index in [-0.39, 0.29) is 11.6 Å². The monoisotopic (exact) mass is 318 g/mol. The number of nitrogens with zero attached hydrogens (tertiary/aromatic N) is 2. The fraction of sp³-hybridized carbons (Fsp3) is 0.353. The van der Waals surface area contributed by atoms with Crippen molar-refractivity contribution in [2.45, 2.75) is 38.1 Å². The molecule has 1 aromatic carbocycles. The molecule has 2 rings (SSSR count). The number of carbonyl (C=O) groups is 1. The molecular weight excluding hydrogens is 300 g/mol. The van der Waals surface area contributed by atoms with Crippen LogP contribution in [-0.4, -0.2) is 16.1 Å². The number of aryl methyl sites for hydroxylation is 1. The third-order valence-electron chi connectivity index (χ3n) is 3.60. The molecule has 0 aliphatic carbocycles. The summed E-state index contributed by atoms with van der Waals surface area (Å²) in [7, 11) is 0. The average Bonchev–Trinajstić information content (AvgIpc) is 2.54. The lowest BCUT2D eigenvalue weighted by atomic mass is 10.0. The fourth-order valence-corrected chi connectivity index (χ4v) is 2.64. The second-order valence-electron chi connectivity index (χ2n) is 5.21. The molecular formula is C17H19ClN2O2. The Labute approximate surface area is 134 Å². The molecule has 5 heteroatoms. The Morgan fingerprint density at radius 3 is 2.64 bits per heavy atom. The molecule has 0 bridgehead atoms. The molecule has 1 atom stereocenters. The van der Waals surface area contributed by atoms with E-state index >= 15 is 0 Å². The van der Waals surface area contributed by atoms with Crippen molar-refractivity contribution in [2.24, 2.45) is 0 Å². The molecule has 0 aliphatic rings. The quantitative estimate of drug-likeness (QED) is 0.701. The number of hydrogen-bond donors (Lipinski definition) is 0. The minimum atomic E-state index is -0.181. The first-order chi connectivity index (χ1) is 10.7. The Hall–Kier alpha value is -1.94. The summed E-state index contributed by atoms with van der Waals surface area (Å²) in [5.41, 5.74) is 1.09. The van der Waals surface area contributed by atoms with Gasteiger partial charge in [-0.15, -0.1) is 0 Å². The zero-order valence-electron chi connectivity index (χ0n) is 12.3. The van der Waals surface area contributed by atoms with Gasteiger partial charge in [-0.2, -0.15) is 5.10 Å². The van der Waals surface area contributed by atoms with Gasteiger partial charge in [0, 0.05) is 12.5 Å². The van der Waals surface area contributed by atoms with E-state index in [2.05, 4.69) is 17.2 Å². The highest BCUT2D eigenvalue weighted by molar-refractivity contribution is 6.29. The second-order valence-corrected chi connectivity index (χ2v) is 5.60. The summed E-state index contributed by atoms with van der Waals surface area (Å²) >= 11 is 5.88. The summed E-state index contributed by atoms with van der Waals surface area (Å²) in [6.07, 6.45) is 4.54. The highest BCUT2D eigenvalue weighted by Gasteiger charge is 2.14. The summed E-state index contributed by atoms with van der Waals surface area (Å²) in [6, 6.07) is 13.0. The Morgan fingerprint density at radius 1 is 1.14 bits per heavy atom. The van der Waals surface area contributed by atoms with Crippen molar-refractivity contribution >= 4 is 17.9 Å². The number of carbonyl (C=O) groups excluding carboxylic acids is 1. The molecule has 1 unspecified atom stereocenters. The lowest BCUT2D eigenvalue weighted by molar-refractivity contribution is -0.108. The molecule has 0 N–H and O–H groups in total. The van der Waals surface area contributed by atoms with Crippen molar-refractivity contribution in [3.63, 3.8) is 0 Å². The smallest absolute Gasteiger partial charge is 0.267 e. The van der Waals surface area contributed by atoms with Crippen molar-refractivity contribution in [3.05, 3.63) is 63.5 Å². The SMILES string of the molecule is O=CCCC(CCCc1ccccc1)n1nc(Cl)ccc1=O. The van der Waals surface area contributed by atoms with Crippen molar-refractivity contribution < 1.29 is 4.79 Å². The molecule has 0 amide bonds. The van der Waals surface area contributed by atoms with Gasteiger partial charge in [-0.3, -0.25) is 4.79 Å². The highest BCUT2D eigenvalue weighted by Crippen LogP contribution is 2.19. The van der Waals surface area contributed by atoms with Crippen LogP contribution >= 0.6 is 11.6 Å². The standard InChI is InChI=1S/C17H19ClN2O2/c18-16-11-12-17(22)20(19-16)15(10-5-13-21)9-4-8-14-6-2-1-3-7-14/h1-3,6-7,11-13,15H,4-5,8-10H2. The Kier molecular flexibility index (Phi) is 6.34. The van der Waals surface area contributed by atoms with Crippen molar-refractivity contribution in [3.8, 4) is 0 Å². The summed E-state index contributed by atoms with van der Waals surface area (Å²) < 4.78 is 1.41. The molecule has 0 saturated carbocycles. The fourth-order valence-electron chi connectivity index (χ4n) is 2.50. The van der Waals surface area contributed by atoms with Gasteiger partial charge in [0.15, 0.2) is 0 Å². The van der Waals surface area contributed by atoms with Crippen LogP contribution in [0.1, 0.15) is 37.3 Å². The summed E-state index contributed by atoms with van der Waals surface area (Å²) in [5, 5.41) is 4.40. The van der Waals surface area contributed by atoms with Crippen LogP contribution in [0.25, 0.3) is 0 Å². The topological polar surface area (TPSA) is 52.0 Å². The van der Waals surface area contributed by atoms with Gasteiger partial charge in [0.1, 0.15) is 11.4 Å². The molecule has 22 heavy (non-hydrogen) atoms. The number of hydrogen-bond acceptors (Lipinski definition) is 3. The lowest BCUT2D eigenvalue weighted by Crippen LogP contribution is -2.27. The van der Waals surface area contributed by atoms with E-state index in [1.807, 2.05) is 18.2 Å². The van der Waals surface area contributed by atoms with Gasteiger partial charge in [-0.05, 0) is 37.3 Å². The van der Waals surface area contributed by atoms with Crippen molar-refractivity contribution in [2.75, 3.05) is 0 Å². The first-order valence-corrected chi connectivity index (χ1v) is 7.81. The maximum atomic E-state index is 12.0. The zero-order chi connectivity index (χ0) is 15.8. The number of rotatable bonds is 8. The van der Waals surface area contributed by atoms with Crippen LogP contribution in [0.5, 0.6) is 0 Å². The van der Waals surface area contributed by atoms with Crippen LogP contribution in [-0.2, 0) is 11.2 Å². The predicted molar refractivity (Wildman–Crippen MR) is 87.2 cm³/mol. The summed E-state index contributed by atoms with van der Waals surface area (Å²) in [4.78, 5) is 22.6. The van der Waals surface area contributed by atoms with Crippen molar-refractivity contribution in [1.82, 2.24) is 9.78 Å². The first-order valence-electron chi connectivity index (χ1n) is 7.43. The van der Waals surface area contributed by atoms with E-state index in [1.54, 1.807) is 0 Å². The molecule has 0 fully saturated rings. The molecule has 116 valence electrons. The van der Waals surface area contributed by atoms with E-state index in [0.717, 1.165) is 25.5 Å². The van der Waals surface area contributed by atoms with Gasteiger partial charge < -0.3 is 4.79 Å². The van der Waals surface area contributed by atoms with Gasteiger partial charge in [0.2, 0.25) is 0 Å². The van der Waals surface area contributed by atoms with Gasteiger partial charge >= 0.3 is 0 Å². The third kappa shape index (κ3) is 4.81. The molecule has 0 saturated heterocycles. The lowest BCUT2D eigenvalue weighted by Gasteiger charge is -2.17. The van der Waals surface area contributed by atoms with Crippen LogP contribution in [0.4, 0.5) is 0 Å². The maximum Gasteiger partial charge on any atom is 0.267 e. The highest BCUT2D eigenvalue weighted by atomic mass is 35.5. The zero-order valence-corrected chi connectivity index (χ0v) is 13.1. The van der Waals surface area contributed by atoms with E-state index in [0.29, 0.717) is 18.0 Å². The maximum absolute atomic E-state index is 12.0. The van der Waals surface area contributed by atoms with Gasteiger partial charge in [-0.25, -0.2) is 4.68 Å².